The molecule has 0 bridgehead atoms. The van der Waals surface area contributed by atoms with E-state index in [4.69, 9.17) is 15.2 Å². The van der Waals surface area contributed by atoms with Gasteiger partial charge in [-0.1, -0.05) is 12.1 Å². The molecule has 0 aliphatic carbocycles. The summed E-state index contributed by atoms with van der Waals surface area (Å²) in [5.74, 6) is -1.29. The fourth-order valence-corrected chi connectivity index (χ4v) is 2.78. The van der Waals surface area contributed by atoms with Crippen molar-refractivity contribution in [2.45, 2.75) is 13.8 Å². The molecule has 1 heterocycles. The highest BCUT2D eigenvalue weighted by atomic mass is 32.1. The fraction of sp³-hybridized carbons (Fsp3) is 0.235. The van der Waals surface area contributed by atoms with Crippen LogP contribution in [-0.4, -0.2) is 31.0 Å². The molecule has 2 amide bonds. The van der Waals surface area contributed by atoms with E-state index in [9.17, 15) is 14.4 Å². The highest BCUT2D eigenvalue weighted by Gasteiger charge is 2.14. The summed E-state index contributed by atoms with van der Waals surface area (Å²) in [6.45, 7) is 3.05. The molecule has 8 heteroatoms. The van der Waals surface area contributed by atoms with Crippen LogP contribution in [-0.2, 0) is 14.3 Å². The van der Waals surface area contributed by atoms with Crippen LogP contribution in [0.15, 0.2) is 29.6 Å². The fourth-order valence-electron chi connectivity index (χ4n) is 1.97. The van der Waals surface area contributed by atoms with Crippen LogP contribution in [0.25, 0.3) is 0 Å². The predicted octanol–water partition coefficient (Wildman–Crippen LogP) is 2.02. The number of primary amides is 1. The second-order valence-electron chi connectivity index (χ2n) is 5.22. The molecule has 3 N–H and O–H groups in total. The maximum atomic E-state index is 11.8. The number of ether oxygens (including phenoxy) is 2. The summed E-state index contributed by atoms with van der Waals surface area (Å²) in [5, 5.41) is 4.42. The minimum atomic E-state index is -0.669. The average molecular weight is 362 g/mol. The van der Waals surface area contributed by atoms with Gasteiger partial charge in [-0.25, -0.2) is 4.79 Å². The highest BCUT2D eigenvalue weighted by molar-refractivity contribution is 7.14. The molecule has 7 nitrogen and oxygen atoms in total. The molecule has 0 saturated heterocycles. The van der Waals surface area contributed by atoms with Gasteiger partial charge in [-0.15, -0.1) is 11.3 Å². The molecule has 1 aromatic carbocycles. The topological polar surface area (TPSA) is 108 Å². The van der Waals surface area contributed by atoms with Crippen LogP contribution in [0.3, 0.4) is 0 Å². The van der Waals surface area contributed by atoms with Crippen molar-refractivity contribution in [3.8, 4) is 5.75 Å². The Balaban J connectivity index is 1.79. The Bertz CT molecular complexity index is 800. The van der Waals surface area contributed by atoms with Gasteiger partial charge in [-0.3, -0.25) is 9.59 Å². The number of hydrogen-bond acceptors (Lipinski definition) is 6. The van der Waals surface area contributed by atoms with E-state index >= 15 is 0 Å². The van der Waals surface area contributed by atoms with Crippen LogP contribution in [0, 0.1) is 13.8 Å². The number of nitrogens with one attached hydrogen (secondary N) is 1. The number of thiophene rings is 1. The highest BCUT2D eigenvalue weighted by Crippen LogP contribution is 2.22. The third kappa shape index (κ3) is 5.05. The molecule has 0 atom stereocenters. The number of aryl methyl sites for hydroxylation is 1. The minimum Gasteiger partial charge on any atom is -0.482 e. The van der Waals surface area contributed by atoms with Crippen LogP contribution in [0.4, 0.5) is 5.00 Å². The summed E-state index contributed by atoms with van der Waals surface area (Å²) < 4.78 is 10.3. The van der Waals surface area contributed by atoms with Crippen LogP contribution >= 0.6 is 11.3 Å². The number of carbonyl (C=O) groups excluding carboxylic acids is 3. The number of anilines is 1. The molecule has 0 fully saturated rings. The Morgan fingerprint density at radius 1 is 1.16 bits per heavy atom. The first kappa shape index (κ1) is 18.5. The Hall–Kier alpha value is -2.87. The van der Waals surface area contributed by atoms with E-state index in [2.05, 4.69) is 5.32 Å². The van der Waals surface area contributed by atoms with Crippen molar-refractivity contribution in [3.05, 3.63) is 46.3 Å². The lowest BCUT2D eigenvalue weighted by Crippen LogP contribution is -2.24. The molecule has 1 aromatic heterocycles. The number of nitrogens with two attached hydrogens (primary N) is 1. The van der Waals surface area contributed by atoms with E-state index in [1.54, 1.807) is 11.4 Å². The van der Waals surface area contributed by atoms with Gasteiger partial charge >= 0.3 is 5.97 Å². The first-order valence-electron chi connectivity index (χ1n) is 7.40. The Kier molecular flexibility index (Phi) is 6.13. The zero-order valence-electron chi connectivity index (χ0n) is 13.8. The molecular weight excluding hydrogens is 344 g/mol. The quantitative estimate of drug-likeness (QED) is 0.733. The van der Waals surface area contributed by atoms with Gasteiger partial charge in [0.05, 0.1) is 5.56 Å². The van der Waals surface area contributed by atoms with Crippen LogP contribution in [0.5, 0.6) is 5.75 Å². The normalized spacial score (nSPS) is 10.2. The molecule has 2 rings (SSSR count). The molecule has 0 aliphatic rings. The van der Waals surface area contributed by atoms with Crippen molar-refractivity contribution in [3.63, 3.8) is 0 Å². The molecular formula is C17H18N2O5S. The van der Waals surface area contributed by atoms with E-state index in [0.717, 1.165) is 22.5 Å². The molecule has 0 saturated carbocycles. The molecule has 2 aromatic rings. The summed E-state index contributed by atoms with van der Waals surface area (Å²) in [6, 6.07) is 7.03. The summed E-state index contributed by atoms with van der Waals surface area (Å²) in [7, 11) is 0. The van der Waals surface area contributed by atoms with E-state index < -0.39 is 24.4 Å². The van der Waals surface area contributed by atoms with Crippen molar-refractivity contribution in [2.24, 2.45) is 5.73 Å². The number of esters is 1. The van der Waals surface area contributed by atoms with Crippen molar-refractivity contribution in [2.75, 3.05) is 18.5 Å². The van der Waals surface area contributed by atoms with E-state index in [-0.39, 0.29) is 12.2 Å². The zero-order valence-corrected chi connectivity index (χ0v) is 14.6. The van der Waals surface area contributed by atoms with Gasteiger partial charge in [0.2, 0.25) is 0 Å². The smallest absolute Gasteiger partial charge is 0.344 e. The van der Waals surface area contributed by atoms with Crippen LogP contribution in [0.1, 0.15) is 21.5 Å². The first-order chi connectivity index (χ1) is 11.9. The zero-order chi connectivity index (χ0) is 18.4. The molecule has 132 valence electrons. The minimum absolute atomic E-state index is 0.211. The lowest BCUT2D eigenvalue weighted by atomic mass is 10.1. The van der Waals surface area contributed by atoms with E-state index in [1.165, 1.54) is 6.07 Å². The number of rotatable bonds is 7. The van der Waals surface area contributed by atoms with Gasteiger partial charge in [0.15, 0.2) is 13.2 Å². The Morgan fingerprint density at radius 2 is 1.92 bits per heavy atom. The number of benzene rings is 1. The number of amides is 2. The summed E-state index contributed by atoms with van der Waals surface area (Å²) in [4.78, 5) is 34.7. The molecule has 0 radical (unpaired) electrons. The molecule has 0 spiro atoms. The monoisotopic (exact) mass is 362 g/mol. The summed E-state index contributed by atoms with van der Waals surface area (Å²) in [6.07, 6.45) is 0. The molecule has 25 heavy (non-hydrogen) atoms. The van der Waals surface area contributed by atoms with Gasteiger partial charge in [0, 0.05) is 0 Å². The largest absolute Gasteiger partial charge is 0.482 e. The second kappa shape index (κ2) is 8.29. The maximum Gasteiger partial charge on any atom is 0.344 e. The third-order valence-corrected chi connectivity index (χ3v) is 4.28. The average Bonchev–Trinajstić information content (AvgIpc) is 3.02. The van der Waals surface area contributed by atoms with Gasteiger partial charge in [-0.05, 0) is 42.5 Å². The van der Waals surface area contributed by atoms with Crippen molar-refractivity contribution < 1.29 is 23.9 Å². The number of hydrogen-bond donors (Lipinski definition) is 2. The Labute approximate surface area is 148 Å². The summed E-state index contributed by atoms with van der Waals surface area (Å²) in [5.41, 5.74) is 7.38. The SMILES string of the molecule is Cc1cccc(OCC(=O)OCC(=O)Nc2sccc2C(N)=O)c1C. The number of carbonyl (C=O) groups is 3. The lowest BCUT2D eigenvalue weighted by molar-refractivity contribution is -0.149. The van der Waals surface area contributed by atoms with Crippen LogP contribution in [0.2, 0.25) is 0 Å². The first-order valence-corrected chi connectivity index (χ1v) is 8.28. The maximum absolute atomic E-state index is 11.8. The van der Waals surface area contributed by atoms with Gasteiger partial charge < -0.3 is 20.5 Å². The van der Waals surface area contributed by atoms with Crippen molar-refractivity contribution in [1.82, 2.24) is 0 Å². The van der Waals surface area contributed by atoms with Gasteiger partial charge in [-0.2, -0.15) is 0 Å². The standard InChI is InChI=1S/C17H18N2O5S/c1-10-4-3-5-13(11(10)2)23-9-15(21)24-8-14(20)19-17-12(16(18)22)6-7-25-17/h3-7H,8-9H2,1-2H3,(H2,18,22)(H,19,20). The van der Waals surface area contributed by atoms with Crippen LogP contribution < -0.4 is 15.8 Å². The predicted molar refractivity (Wildman–Crippen MR) is 93.8 cm³/mol. The third-order valence-electron chi connectivity index (χ3n) is 3.45. The second-order valence-corrected chi connectivity index (χ2v) is 6.14. The van der Waals surface area contributed by atoms with Gasteiger partial charge in [0.1, 0.15) is 10.8 Å². The Morgan fingerprint density at radius 3 is 2.64 bits per heavy atom. The van der Waals surface area contributed by atoms with Gasteiger partial charge in [0.25, 0.3) is 11.8 Å². The van der Waals surface area contributed by atoms with Crippen molar-refractivity contribution in [1.29, 1.82) is 0 Å². The molecule has 0 aliphatic heterocycles. The summed E-state index contributed by atoms with van der Waals surface area (Å²) >= 11 is 1.15. The van der Waals surface area contributed by atoms with E-state index in [1.807, 2.05) is 26.0 Å². The molecule has 0 unspecified atom stereocenters. The van der Waals surface area contributed by atoms with E-state index in [0.29, 0.717) is 10.8 Å². The lowest BCUT2D eigenvalue weighted by Gasteiger charge is -2.10. The van der Waals surface area contributed by atoms with Crippen molar-refractivity contribution >= 4 is 34.1 Å².